The molecule has 25 heavy (non-hydrogen) atoms. The van der Waals surface area contributed by atoms with Crippen molar-refractivity contribution in [2.45, 2.75) is 26.8 Å². The molecule has 0 aliphatic rings. The Bertz CT molecular complexity index is 932. The number of nitrogens with one attached hydrogen (secondary N) is 1. The number of nitrogen functional groups attached to an aromatic ring is 1. The Balaban J connectivity index is 1.98. The van der Waals surface area contributed by atoms with E-state index in [0.717, 1.165) is 17.7 Å². The second-order valence-corrected chi connectivity index (χ2v) is 5.54. The van der Waals surface area contributed by atoms with E-state index in [-0.39, 0.29) is 17.5 Å². The molecule has 0 unspecified atom stereocenters. The first kappa shape index (κ1) is 16.8. The maximum Gasteiger partial charge on any atom is 0.328 e. The zero-order valence-electron chi connectivity index (χ0n) is 14.3. The van der Waals surface area contributed by atoms with Crippen LogP contribution in [0.1, 0.15) is 25.8 Å². The van der Waals surface area contributed by atoms with Gasteiger partial charge in [0.05, 0.1) is 19.8 Å². The van der Waals surface area contributed by atoms with Crippen molar-refractivity contribution in [1.29, 1.82) is 0 Å². The molecule has 0 saturated carbocycles. The number of hydrogen-bond acceptors (Lipinski definition) is 6. The highest BCUT2D eigenvalue weighted by molar-refractivity contribution is 5.81. The smallest absolute Gasteiger partial charge is 0.328 e. The van der Waals surface area contributed by atoms with Gasteiger partial charge in [-0.25, -0.2) is 4.79 Å². The first-order chi connectivity index (χ1) is 12.1. The third kappa shape index (κ3) is 3.57. The van der Waals surface area contributed by atoms with Crippen LogP contribution in [0.5, 0.6) is 11.8 Å². The zero-order chi connectivity index (χ0) is 17.8. The van der Waals surface area contributed by atoms with Crippen molar-refractivity contribution in [3.05, 3.63) is 40.3 Å². The second-order valence-electron chi connectivity index (χ2n) is 5.54. The van der Waals surface area contributed by atoms with E-state index in [2.05, 4.69) is 21.9 Å². The standard InChI is InChI=1S/C17H21N5O3/c1-3-8-25-12-7-5-6-11(9-12)10-22-15-13(19-17(22)23)14(18)20-16(21-15)24-4-2/h5-7,9H,3-4,8,10H2,1-2H3,(H,19,23)(H2,18,20,21). The highest BCUT2D eigenvalue weighted by Gasteiger charge is 2.15. The van der Waals surface area contributed by atoms with Crippen molar-refractivity contribution in [2.24, 2.45) is 0 Å². The summed E-state index contributed by atoms with van der Waals surface area (Å²) in [4.78, 5) is 23.4. The summed E-state index contributed by atoms with van der Waals surface area (Å²) in [5.41, 5.74) is 7.36. The molecule has 132 valence electrons. The van der Waals surface area contributed by atoms with Crippen LogP contribution in [-0.2, 0) is 6.54 Å². The van der Waals surface area contributed by atoms with Crippen LogP contribution in [0.25, 0.3) is 11.2 Å². The molecular formula is C17H21N5O3. The van der Waals surface area contributed by atoms with Gasteiger partial charge in [-0.15, -0.1) is 0 Å². The van der Waals surface area contributed by atoms with E-state index < -0.39 is 0 Å². The molecule has 8 nitrogen and oxygen atoms in total. The number of rotatable bonds is 7. The van der Waals surface area contributed by atoms with Gasteiger partial charge in [-0.05, 0) is 31.0 Å². The molecule has 3 N–H and O–H groups in total. The van der Waals surface area contributed by atoms with Gasteiger partial charge in [0.15, 0.2) is 11.5 Å². The summed E-state index contributed by atoms with van der Waals surface area (Å²) >= 11 is 0. The van der Waals surface area contributed by atoms with Gasteiger partial charge >= 0.3 is 11.7 Å². The number of aromatic amines is 1. The van der Waals surface area contributed by atoms with Crippen molar-refractivity contribution >= 4 is 17.0 Å². The molecule has 0 bridgehead atoms. The third-order valence-corrected chi connectivity index (χ3v) is 3.62. The van der Waals surface area contributed by atoms with E-state index in [1.165, 1.54) is 4.57 Å². The molecule has 0 fully saturated rings. The Morgan fingerprint density at radius 1 is 1.24 bits per heavy atom. The Labute approximate surface area is 144 Å². The second kappa shape index (κ2) is 7.25. The zero-order valence-corrected chi connectivity index (χ0v) is 14.3. The topological polar surface area (TPSA) is 108 Å². The molecule has 0 aliphatic carbocycles. The molecule has 0 spiro atoms. The highest BCUT2D eigenvalue weighted by atomic mass is 16.5. The molecule has 1 aromatic carbocycles. The fraction of sp³-hybridized carbons (Fsp3) is 0.353. The van der Waals surface area contributed by atoms with Crippen molar-refractivity contribution < 1.29 is 9.47 Å². The van der Waals surface area contributed by atoms with Crippen LogP contribution in [0.4, 0.5) is 5.82 Å². The number of imidazole rings is 1. The van der Waals surface area contributed by atoms with Gasteiger partial charge in [-0.2, -0.15) is 9.97 Å². The summed E-state index contributed by atoms with van der Waals surface area (Å²) < 4.78 is 12.5. The van der Waals surface area contributed by atoms with Crippen LogP contribution < -0.4 is 20.9 Å². The molecule has 3 rings (SSSR count). The van der Waals surface area contributed by atoms with Gasteiger partial charge in [0.1, 0.15) is 11.3 Å². The molecule has 2 aromatic heterocycles. The van der Waals surface area contributed by atoms with Gasteiger partial charge in [-0.1, -0.05) is 19.1 Å². The van der Waals surface area contributed by atoms with Crippen molar-refractivity contribution in [3.63, 3.8) is 0 Å². The fourth-order valence-corrected chi connectivity index (χ4v) is 2.51. The summed E-state index contributed by atoms with van der Waals surface area (Å²) in [5.74, 6) is 0.959. The van der Waals surface area contributed by atoms with Gasteiger partial charge in [0, 0.05) is 0 Å². The summed E-state index contributed by atoms with van der Waals surface area (Å²) in [6, 6.07) is 7.78. The van der Waals surface area contributed by atoms with Crippen LogP contribution in [0, 0.1) is 0 Å². The summed E-state index contributed by atoms with van der Waals surface area (Å²) in [6.07, 6.45) is 0.933. The largest absolute Gasteiger partial charge is 0.494 e. The first-order valence-electron chi connectivity index (χ1n) is 8.23. The summed E-state index contributed by atoms with van der Waals surface area (Å²) in [5, 5.41) is 0. The SMILES string of the molecule is CCCOc1cccc(Cn2c(=O)[nH]c3c(N)nc(OCC)nc32)c1. The quantitative estimate of drug-likeness (QED) is 0.679. The van der Waals surface area contributed by atoms with E-state index in [9.17, 15) is 4.79 Å². The number of nitrogens with zero attached hydrogens (tertiary/aromatic N) is 3. The number of fused-ring (bicyclic) bond motifs is 1. The molecule has 0 atom stereocenters. The van der Waals surface area contributed by atoms with E-state index in [4.69, 9.17) is 15.2 Å². The third-order valence-electron chi connectivity index (χ3n) is 3.62. The minimum Gasteiger partial charge on any atom is -0.494 e. The predicted octanol–water partition coefficient (Wildman–Crippen LogP) is 1.94. The number of hydrogen-bond donors (Lipinski definition) is 2. The number of nitrogens with two attached hydrogens (primary N) is 1. The van der Waals surface area contributed by atoms with Crippen molar-refractivity contribution in [2.75, 3.05) is 18.9 Å². The highest BCUT2D eigenvalue weighted by Crippen LogP contribution is 2.20. The van der Waals surface area contributed by atoms with Crippen LogP contribution >= 0.6 is 0 Å². The molecule has 2 heterocycles. The average Bonchev–Trinajstić information content (AvgIpc) is 2.91. The van der Waals surface area contributed by atoms with Crippen LogP contribution in [-0.4, -0.2) is 32.7 Å². The molecule has 3 aromatic rings. The predicted molar refractivity (Wildman–Crippen MR) is 95.1 cm³/mol. The lowest BCUT2D eigenvalue weighted by atomic mass is 10.2. The lowest BCUT2D eigenvalue weighted by Gasteiger charge is -2.08. The summed E-state index contributed by atoms with van der Waals surface area (Å²) in [6.45, 7) is 5.28. The fourth-order valence-electron chi connectivity index (χ4n) is 2.51. The van der Waals surface area contributed by atoms with E-state index in [1.54, 1.807) is 0 Å². The van der Waals surface area contributed by atoms with Crippen molar-refractivity contribution in [3.8, 4) is 11.8 Å². The van der Waals surface area contributed by atoms with Crippen molar-refractivity contribution in [1.82, 2.24) is 19.5 Å². The normalized spacial score (nSPS) is 11.0. The van der Waals surface area contributed by atoms with E-state index in [1.807, 2.05) is 31.2 Å². The van der Waals surface area contributed by atoms with Gasteiger partial charge in [0.25, 0.3) is 0 Å². The molecule has 8 heteroatoms. The minimum absolute atomic E-state index is 0.153. The molecule has 0 radical (unpaired) electrons. The maximum atomic E-state index is 12.3. The molecule has 0 aliphatic heterocycles. The minimum atomic E-state index is -0.301. The lowest BCUT2D eigenvalue weighted by molar-refractivity contribution is 0.314. The number of aromatic nitrogens is 4. The van der Waals surface area contributed by atoms with E-state index >= 15 is 0 Å². The van der Waals surface area contributed by atoms with Crippen LogP contribution in [0.15, 0.2) is 29.1 Å². The number of H-pyrrole nitrogens is 1. The Morgan fingerprint density at radius 3 is 2.84 bits per heavy atom. The van der Waals surface area contributed by atoms with Gasteiger partial charge in [0.2, 0.25) is 0 Å². The number of anilines is 1. The first-order valence-corrected chi connectivity index (χ1v) is 8.23. The number of benzene rings is 1. The molecular weight excluding hydrogens is 322 g/mol. The summed E-state index contributed by atoms with van der Waals surface area (Å²) in [7, 11) is 0. The van der Waals surface area contributed by atoms with Crippen LogP contribution in [0.3, 0.4) is 0 Å². The Kier molecular flexibility index (Phi) is 4.87. The van der Waals surface area contributed by atoms with Crippen LogP contribution in [0.2, 0.25) is 0 Å². The Hall–Kier alpha value is -3.03. The maximum absolute atomic E-state index is 12.3. The molecule has 0 saturated heterocycles. The Morgan fingerprint density at radius 2 is 2.08 bits per heavy atom. The number of ether oxygens (including phenoxy) is 2. The van der Waals surface area contributed by atoms with Gasteiger partial charge < -0.3 is 20.2 Å². The van der Waals surface area contributed by atoms with Gasteiger partial charge in [-0.3, -0.25) is 4.57 Å². The molecule has 0 amide bonds. The monoisotopic (exact) mass is 343 g/mol. The lowest BCUT2D eigenvalue weighted by Crippen LogP contribution is -2.17. The average molecular weight is 343 g/mol. The van der Waals surface area contributed by atoms with E-state index in [0.29, 0.717) is 30.9 Å².